The number of rotatable bonds is 2. The molecule has 0 saturated carbocycles. The standard InChI is InChI=1S/C10H10ClNOS/c11-9-6-3-1-2-4-8(6)14-10(9)7(13)5-12/h1-4,7,13H,5,12H2. The van der Waals surface area contributed by atoms with E-state index in [2.05, 4.69) is 0 Å². The molecule has 14 heavy (non-hydrogen) atoms. The summed E-state index contributed by atoms with van der Waals surface area (Å²) in [4.78, 5) is 0.760. The minimum absolute atomic E-state index is 0.201. The van der Waals surface area contributed by atoms with E-state index in [1.165, 1.54) is 11.3 Å². The molecule has 0 saturated heterocycles. The fourth-order valence-electron chi connectivity index (χ4n) is 1.35. The fraction of sp³-hybridized carbons (Fsp3) is 0.200. The number of hydrogen-bond acceptors (Lipinski definition) is 3. The zero-order chi connectivity index (χ0) is 10.1. The Kier molecular flexibility index (Phi) is 2.74. The average molecular weight is 228 g/mol. The molecule has 1 unspecified atom stereocenters. The number of nitrogens with two attached hydrogens (primary N) is 1. The van der Waals surface area contributed by atoms with Crippen molar-refractivity contribution in [1.82, 2.24) is 0 Å². The van der Waals surface area contributed by atoms with Crippen LogP contribution in [0.5, 0.6) is 0 Å². The number of halogens is 1. The molecule has 0 radical (unpaired) electrons. The van der Waals surface area contributed by atoms with E-state index < -0.39 is 6.10 Å². The normalized spacial score (nSPS) is 13.4. The first kappa shape index (κ1) is 9.93. The number of aliphatic hydroxyl groups is 1. The average Bonchev–Trinajstić information content (AvgIpc) is 2.56. The second kappa shape index (κ2) is 3.87. The van der Waals surface area contributed by atoms with Crippen LogP contribution in [0.25, 0.3) is 10.1 Å². The van der Waals surface area contributed by atoms with E-state index in [-0.39, 0.29) is 6.54 Å². The van der Waals surface area contributed by atoms with Crippen LogP contribution < -0.4 is 5.73 Å². The van der Waals surface area contributed by atoms with Crippen LogP contribution in [0, 0.1) is 0 Å². The number of benzene rings is 1. The number of thiophene rings is 1. The minimum Gasteiger partial charge on any atom is -0.386 e. The van der Waals surface area contributed by atoms with E-state index in [0.29, 0.717) is 5.02 Å². The van der Waals surface area contributed by atoms with Crippen molar-refractivity contribution in [3.63, 3.8) is 0 Å². The molecule has 0 amide bonds. The molecule has 1 heterocycles. The van der Waals surface area contributed by atoms with Gasteiger partial charge in [0.25, 0.3) is 0 Å². The van der Waals surface area contributed by atoms with Gasteiger partial charge in [-0.05, 0) is 6.07 Å². The Hall–Kier alpha value is -0.610. The maximum Gasteiger partial charge on any atom is 0.102 e. The van der Waals surface area contributed by atoms with Gasteiger partial charge in [-0.15, -0.1) is 11.3 Å². The van der Waals surface area contributed by atoms with Crippen LogP contribution >= 0.6 is 22.9 Å². The third-order valence-electron chi connectivity index (χ3n) is 2.09. The third-order valence-corrected chi connectivity index (χ3v) is 3.88. The highest BCUT2D eigenvalue weighted by atomic mass is 35.5. The highest BCUT2D eigenvalue weighted by molar-refractivity contribution is 7.19. The lowest BCUT2D eigenvalue weighted by molar-refractivity contribution is 0.191. The molecule has 1 atom stereocenters. The van der Waals surface area contributed by atoms with Gasteiger partial charge in [0.15, 0.2) is 0 Å². The quantitative estimate of drug-likeness (QED) is 0.828. The summed E-state index contributed by atoms with van der Waals surface area (Å²) < 4.78 is 1.08. The molecule has 74 valence electrons. The molecule has 2 nitrogen and oxygen atoms in total. The summed E-state index contributed by atoms with van der Waals surface area (Å²) in [5.41, 5.74) is 5.39. The molecule has 2 aromatic rings. The highest BCUT2D eigenvalue weighted by Gasteiger charge is 2.15. The van der Waals surface area contributed by atoms with Crippen molar-refractivity contribution in [1.29, 1.82) is 0 Å². The monoisotopic (exact) mass is 227 g/mol. The van der Waals surface area contributed by atoms with Gasteiger partial charge in [-0.25, -0.2) is 0 Å². The van der Waals surface area contributed by atoms with Crippen LogP contribution in [0.15, 0.2) is 24.3 Å². The molecule has 1 aromatic heterocycles. The van der Waals surface area contributed by atoms with Gasteiger partial charge in [-0.2, -0.15) is 0 Å². The van der Waals surface area contributed by atoms with Gasteiger partial charge in [-0.3, -0.25) is 0 Å². The first-order chi connectivity index (χ1) is 6.74. The summed E-state index contributed by atoms with van der Waals surface area (Å²) >= 11 is 7.62. The second-order valence-electron chi connectivity index (χ2n) is 3.03. The predicted octanol–water partition coefficient (Wildman–Crippen LogP) is 2.55. The Morgan fingerprint density at radius 1 is 1.43 bits per heavy atom. The number of fused-ring (bicyclic) bond motifs is 1. The van der Waals surface area contributed by atoms with Crippen LogP contribution in [0.1, 0.15) is 11.0 Å². The molecule has 0 bridgehead atoms. The van der Waals surface area contributed by atoms with Crippen LogP contribution in [0.3, 0.4) is 0 Å². The van der Waals surface area contributed by atoms with E-state index in [1.807, 2.05) is 24.3 Å². The van der Waals surface area contributed by atoms with Gasteiger partial charge in [0.1, 0.15) is 6.10 Å². The summed E-state index contributed by atoms with van der Waals surface area (Å²) in [6, 6.07) is 7.81. The highest BCUT2D eigenvalue weighted by Crippen LogP contribution is 2.38. The maximum absolute atomic E-state index is 9.61. The van der Waals surface area contributed by atoms with Crippen molar-refractivity contribution in [3.05, 3.63) is 34.2 Å². The molecule has 2 rings (SSSR count). The zero-order valence-electron chi connectivity index (χ0n) is 7.40. The molecule has 0 spiro atoms. The summed E-state index contributed by atoms with van der Waals surface area (Å²) in [6.45, 7) is 0.201. The van der Waals surface area contributed by atoms with Crippen LogP contribution in [0.2, 0.25) is 5.02 Å². The smallest absolute Gasteiger partial charge is 0.102 e. The Balaban J connectivity index is 2.62. The first-order valence-electron chi connectivity index (χ1n) is 4.29. The summed E-state index contributed by atoms with van der Waals surface area (Å²) in [5, 5.41) is 11.2. The Bertz CT molecular complexity index is 454. The van der Waals surface area contributed by atoms with Crippen LogP contribution in [0.4, 0.5) is 0 Å². The van der Waals surface area contributed by atoms with Gasteiger partial charge in [0, 0.05) is 16.6 Å². The summed E-state index contributed by atoms with van der Waals surface area (Å²) in [7, 11) is 0. The van der Waals surface area contributed by atoms with Crippen molar-refractivity contribution in [2.45, 2.75) is 6.10 Å². The van der Waals surface area contributed by atoms with Crippen molar-refractivity contribution < 1.29 is 5.11 Å². The molecule has 0 aliphatic rings. The van der Waals surface area contributed by atoms with Crippen molar-refractivity contribution in [2.24, 2.45) is 5.73 Å². The molecule has 3 N–H and O–H groups in total. The molecular weight excluding hydrogens is 218 g/mol. The maximum atomic E-state index is 9.61. The van der Waals surface area contributed by atoms with Crippen LogP contribution in [-0.4, -0.2) is 11.7 Å². The molecule has 1 aromatic carbocycles. The largest absolute Gasteiger partial charge is 0.386 e. The Morgan fingerprint density at radius 3 is 2.79 bits per heavy atom. The predicted molar refractivity (Wildman–Crippen MR) is 60.8 cm³/mol. The third kappa shape index (κ3) is 1.53. The Labute approximate surface area is 90.9 Å². The lowest BCUT2D eigenvalue weighted by Crippen LogP contribution is -2.10. The summed E-state index contributed by atoms with van der Waals surface area (Å²) in [5.74, 6) is 0. The van der Waals surface area contributed by atoms with Gasteiger partial charge in [-0.1, -0.05) is 29.8 Å². The van der Waals surface area contributed by atoms with Crippen molar-refractivity contribution >= 4 is 33.0 Å². The van der Waals surface area contributed by atoms with Gasteiger partial charge in [0.2, 0.25) is 0 Å². The fourth-order valence-corrected chi connectivity index (χ4v) is 2.91. The van der Waals surface area contributed by atoms with Crippen molar-refractivity contribution in [2.75, 3.05) is 6.54 Å². The van der Waals surface area contributed by atoms with Gasteiger partial charge < -0.3 is 10.8 Å². The zero-order valence-corrected chi connectivity index (χ0v) is 8.98. The SMILES string of the molecule is NCC(O)c1sc2ccccc2c1Cl. The molecule has 0 fully saturated rings. The lowest BCUT2D eigenvalue weighted by Gasteiger charge is -2.04. The van der Waals surface area contributed by atoms with Crippen molar-refractivity contribution in [3.8, 4) is 0 Å². The second-order valence-corrected chi connectivity index (χ2v) is 4.49. The minimum atomic E-state index is -0.653. The van der Waals surface area contributed by atoms with Gasteiger partial charge >= 0.3 is 0 Å². The number of aliphatic hydroxyl groups excluding tert-OH is 1. The lowest BCUT2D eigenvalue weighted by atomic mass is 10.2. The topological polar surface area (TPSA) is 46.2 Å². The number of hydrogen-bond donors (Lipinski definition) is 2. The van der Waals surface area contributed by atoms with Crippen LogP contribution in [-0.2, 0) is 0 Å². The molecule has 0 aliphatic heterocycles. The first-order valence-corrected chi connectivity index (χ1v) is 5.48. The van der Waals surface area contributed by atoms with E-state index >= 15 is 0 Å². The Morgan fingerprint density at radius 2 is 2.14 bits per heavy atom. The molecule has 4 heteroatoms. The molecular formula is C10H10ClNOS. The molecule has 0 aliphatic carbocycles. The van der Waals surface area contributed by atoms with Gasteiger partial charge in [0.05, 0.1) is 9.90 Å². The van der Waals surface area contributed by atoms with E-state index in [1.54, 1.807) is 0 Å². The van der Waals surface area contributed by atoms with E-state index in [0.717, 1.165) is 15.0 Å². The van der Waals surface area contributed by atoms with E-state index in [9.17, 15) is 5.11 Å². The van der Waals surface area contributed by atoms with E-state index in [4.69, 9.17) is 17.3 Å². The summed E-state index contributed by atoms with van der Waals surface area (Å²) in [6.07, 6.45) is -0.653.